The van der Waals surface area contributed by atoms with Gasteiger partial charge in [-0.25, -0.2) is 0 Å². The second-order valence-corrected chi connectivity index (χ2v) is 5.32. The number of anilines is 1. The van der Waals surface area contributed by atoms with Crippen LogP contribution >= 0.6 is 0 Å². The van der Waals surface area contributed by atoms with Gasteiger partial charge in [-0.1, -0.05) is 6.07 Å². The zero-order valence-corrected chi connectivity index (χ0v) is 13.0. The molecule has 2 rings (SSSR count). The van der Waals surface area contributed by atoms with Crippen LogP contribution in [0.15, 0.2) is 36.4 Å². The normalized spacial score (nSPS) is 10.4. The predicted octanol–water partition coefficient (Wildman–Crippen LogP) is 4.04. The Bertz CT molecular complexity index is 608. The molecule has 0 heterocycles. The molecule has 112 valence electrons. The molecule has 0 aromatic heterocycles. The van der Waals surface area contributed by atoms with Crippen LogP contribution in [0.3, 0.4) is 0 Å². The molecule has 0 atom stereocenters. The van der Waals surface area contributed by atoms with Crippen LogP contribution in [-0.4, -0.2) is 13.2 Å². The fourth-order valence-electron chi connectivity index (χ4n) is 2.07. The van der Waals surface area contributed by atoms with Gasteiger partial charge in [-0.15, -0.1) is 0 Å². The van der Waals surface area contributed by atoms with E-state index in [-0.39, 0.29) is 0 Å². The van der Waals surface area contributed by atoms with E-state index in [1.165, 1.54) is 11.1 Å². The number of rotatable bonds is 6. The smallest absolute Gasteiger partial charge is 0.122 e. The Kier molecular flexibility index (Phi) is 5.09. The van der Waals surface area contributed by atoms with Gasteiger partial charge in [-0.3, -0.25) is 0 Å². The minimum absolute atomic E-state index is 0.635. The summed E-state index contributed by atoms with van der Waals surface area (Å²) in [6.45, 7) is 7.47. The Balaban J connectivity index is 1.73. The Morgan fingerprint density at radius 1 is 0.810 bits per heavy atom. The van der Waals surface area contributed by atoms with E-state index in [1.807, 2.05) is 31.2 Å². The molecule has 0 spiro atoms. The lowest BCUT2D eigenvalue weighted by Crippen LogP contribution is -2.06. The van der Waals surface area contributed by atoms with Crippen LogP contribution in [0.25, 0.3) is 0 Å². The second kappa shape index (κ2) is 7.02. The van der Waals surface area contributed by atoms with E-state index < -0.39 is 0 Å². The first-order valence-electron chi connectivity index (χ1n) is 7.25. The number of nitrogen functional groups attached to an aromatic ring is 1. The number of aryl methyl sites for hydroxylation is 3. The van der Waals surface area contributed by atoms with Gasteiger partial charge in [0.05, 0.1) is 13.2 Å². The molecule has 0 aliphatic rings. The molecule has 0 radical (unpaired) electrons. The Labute approximate surface area is 126 Å². The fourth-order valence-corrected chi connectivity index (χ4v) is 2.07. The van der Waals surface area contributed by atoms with Crippen LogP contribution in [0.2, 0.25) is 0 Å². The molecule has 0 saturated carbocycles. The summed E-state index contributed by atoms with van der Waals surface area (Å²) in [5.41, 5.74) is 10.1. The molecule has 0 bridgehead atoms. The van der Waals surface area contributed by atoms with E-state index in [0.717, 1.165) is 29.2 Å². The SMILES string of the molecule is Cc1ccc(OCCCOc2ccc(N)cc2C)cc1C. The van der Waals surface area contributed by atoms with Crippen molar-refractivity contribution in [3.63, 3.8) is 0 Å². The molecule has 21 heavy (non-hydrogen) atoms. The van der Waals surface area contributed by atoms with Gasteiger partial charge in [0, 0.05) is 12.1 Å². The third kappa shape index (κ3) is 4.42. The van der Waals surface area contributed by atoms with Crippen LogP contribution in [0.4, 0.5) is 5.69 Å². The van der Waals surface area contributed by atoms with Crippen LogP contribution in [-0.2, 0) is 0 Å². The molecule has 0 amide bonds. The summed E-state index contributed by atoms with van der Waals surface area (Å²) < 4.78 is 11.5. The summed E-state index contributed by atoms with van der Waals surface area (Å²) >= 11 is 0. The minimum atomic E-state index is 0.635. The summed E-state index contributed by atoms with van der Waals surface area (Å²) in [5.74, 6) is 1.80. The van der Waals surface area contributed by atoms with Gasteiger partial charge in [0.15, 0.2) is 0 Å². The Morgan fingerprint density at radius 2 is 1.57 bits per heavy atom. The van der Waals surface area contributed by atoms with Gasteiger partial charge in [0.25, 0.3) is 0 Å². The molecule has 0 unspecified atom stereocenters. The molecule has 2 N–H and O–H groups in total. The van der Waals surface area contributed by atoms with Crippen molar-refractivity contribution in [1.29, 1.82) is 0 Å². The van der Waals surface area contributed by atoms with E-state index in [9.17, 15) is 0 Å². The Morgan fingerprint density at radius 3 is 2.29 bits per heavy atom. The lowest BCUT2D eigenvalue weighted by Gasteiger charge is -2.11. The summed E-state index contributed by atoms with van der Waals surface area (Å²) in [5, 5.41) is 0. The number of benzene rings is 2. The molecule has 3 nitrogen and oxygen atoms in total. The van der Waals surface area contributed by atoms with Crippen molar-refractivity contribution in [2.24, 2.45) is 0 Å². The first kappa shape index (κ1) is 15.2. The maximum atomic E-state index is 5.74. The van der Waals surface area contributed by atoms with Crippen LogP contribution < -0.4 is 15.2 Å². The van der Waals surface area contributed by atoms with E-state index in [4.69, 9.17) is 15.2 Å². The van der Waals surface area contributed by atoms with Crippen molar-refractivity contribution in [1.82, 2.24) is 0 Å². The van der Waals surface area contributed by atoms with E-state index in [0.29, 0.717) is 13.2 Å². The first-order valence-corrected chi connectivity index (χ1v) is 7.25. The van der Waals surface area contributed by atoms with Gasteiger partial charge in [-0.2, -0.15) is 0 Å². The Hall–Kier alpha value is -2.16. The highest BCUT2D eigenvalue weighted by Gasteiger charge is 2.01. The molecular weight excluding hydrogens is 262 g/mol. The number of nitrogens with two attached hydrogens (primary N) is 1. The van der Waals surface area contributed by atoms with Gasteiger partial charge >= 0.3 is 0 Å². The van der Waals surface area contributed by atoms with Crippen molar-refractivity contribution in [3.8, 4) is 11.5 Å². The average molecular weight is 285 g/mol. The highest BCUT2D eigenvalue weighted by Crippen LogP contribution is 2.20. The standard InChI is InChI=1S/C18H23NO2/c1-13-5-7-17(12-14(13)2)20-9-4-10-21-18-8-6-16(19)11-15(18)3/h5-8,11-12H,4,9-10,19H2,1-3H3. The van der Waals surface area contributed by atoms with Crippen molar-refractivity contribution in [2.75, 3.05) is 18.9 Å². The molecule has 0 aliphatic carbocycles. The molecule has 3 heteroatoms. The van der Waals surface area contributed by atoms with Crippen LogP contribution in [0, 0.1) is 20.8 Å². The minimum Gasteiger partial charge on any atom is -0.493 e. The number of hydrogen-bond donors (Lipinski definition) is 1. The highest BCUT2D eigenvalue weighted by molar-refractivity contribution is 5.47. The molecule has 0 aliphatic heterocycles. The zero-order valence-electron chi connectivity index (χ0n) is 13.0. The quantitative estimate of drug-likeness (QED) is 0.643. The van der Waals surface area contributed by atoms with E-state index in [2.05, 4.69) is 26.0 Å². The van der Waals surface area contributed by atoms with Gasteiger partial charge in [0.2, 0.25) is 0 Å². The van der Waals surface area contributed by atoms with Gasteiger partial charge in [0.1, 0.15) is 11.5 Å². The third-order valence-corrected chi connectivity index (χ3v) is 3.49. The van der Waals surface area contributed by atoms with Crippen LogP contribution in [0.5, 0.6) is 11.5 Å². The largest absolute Gasteiger partial charge is 0.493 e. The number of hydrogen-bond acceptors (Lipinski definition) is 3. The molecule has 0 saturated heterocycles. The summed E-state index contributed by atoms with van der Waals surface area (Å²) in [7, 11) is 0. The topological polar surface area (TPSA) is 44.5 Å². The molecule has 2 aromatic rings. The third-order valence-electron chi connectivity index (χ3n) is 3.49. The predicted molar refractivity (Wildman–Crippen MR) is 87.1 cm³/mol. The number of ether oxygens (including phenoxy) is 2. The lowest BCUT2D eigenvalue weighted by atomic mass is 10.1. The van der Waals surface area contributed by atoms with E-state index in [1.54, 1.807) is 0 Å². The monoisotopic (exact) mass is 285 g/mol. The molecular formula is C18H23NO2. The van der Waals surface area contributed by atoms with Crippen molar-refractivity contribution in [2.45, 2.75) is 27.2 Å². The maximum absolute atomic E-state index is 5.74. The summed E-state index contributed by atoms with van der Waals surface area (Å²) in [4.78, 5) is 0. The zero-order chi connectivity index (χ0) is 15.2. The molecule has 2 aromatic carbocycles. The maximum Gasteiger partial charge on any atom is 0.122 e. The van der Waals surface area contributed by atoms with Gasteiger partial charge in [-0.05, 0) is 67.8 Å². The van der Waals surface area contributed by atoms with Crippen LogP contribution in [0.1, 0.15) is 23.1 Å². The van der Waals surface area contributed by atoms with Gasteiger partial charge < -0.3 is 15.2 Å². The van der Waals surface area contributed by atoms with Crippen molar-refractivity contribution < 1.29 is 9.47 Å². The fraction of sp³-hybridized carbons (Fsp3) is 0.333. The summed E-state index contributed by atoms with van der Waals surface area (Å²) in [6.07, 6.45) is 0.844. The second-order valence-electron chi connectivity index (χ2n) is 5.32. The lowest BCUT2D eigenvalue weighted by molar-refractivity contribution is 0.246. The van der Waals surface area contributed by atoms with Crippen molar-refractivity contribution >= 4 is 5.69 Å². The highest BCUT2D eigenvalue weighted by atomic mass is 16.5. The summed E-state index contributed by atoms with van der Waals surface area (Å²) in [6, 6.07) is 11.8. The average Bonchev–Trinajstić information content (AvgIpc) is 2.44. The van der Waals surface area contributed by atoms with Crippen molar-refractivity contribution in [3.05, 3.63) is 53.1 Å². The first-order chi connectivity index (χ1) is 10.1. The molecule has 0 fully saturated rings. The van der Waals surface area contributed by atoms with E-state index >= 15 is 0 Å².